The monoisotopic (exact) mass is 347 g/mol. The molecule has 0 fully saturated rings. The number of alkyl halides is 1. The van der Waals surface area contributed by atoms with Crippen LogP contribution in [-0.4, -0.2) is 30.7 Å². The van der Waals surface area contributed by atoms with Crippen LogP contribution in [0.3, 0.4) is 0 Å². The number of carbonyl (C=O) groups excluding carboxylic acids is 1. The Kier molecular flexibility index (Phi) is 5.15. The Morgan fingerprint density at radius 1 is 1.32 bits per heavy atom. The van der Waals surface area contributed by atoms with E-state index in [0.717, 1.165) is 11.8 Å². The Morgan fingerprint density at radius 3 is 2.26 bits per heavy atom. The van der Waals surface area contributed by atoms with Crippen LogP contribution in [-0.2, 0) is 14.6 Å². The number of benzene rings is 1. The lowest BCUT2D eigenvalue weighted by Crippen LogP contribution is -2.48. The Labute approximate surface area is 122 Å². The summed E-state index contributed by atoms with van der Waals surface area (Å²) >= 11 is 3.33. The summed E-state index contributed by atoms with van der Waals surface area (Å²) in [4.78, 5) is 12.1. The molecule has 1 rings (SSSR count). The van der Waals surface area contributed by atoms with Crippen molar-refractivity contribution >= 4 is 31.7 Å². The first kappa shape index (κ1) is 16.2. The smallest absolute Gasteiger partial charge is 0.241 e. The summed E-state index contributed by atoms with van der Waals surface area (Å²) < 4.78 is 21.8. The van der Waals surface area contributed by atoms with E-state index >= 15 is 0 Å². The van der Waals surface area contributed by atoms with Crippen LogP contribution in [0.5, 0.6) is 0 Å². The average Bonchev–Trinajstić information content (AvgIpc) is 2.35. The molecule has 4 nitrogen and oxygen atoms in total. The molecule has 0 saturated heterocycles. The lowest BCUT2D eigenvalue weighted by atomic mass is 10.1. The van der Waals surface area contributed by atoms with Crippen molar-refractivity contribution in [1.29, 1.82) is 0 Å². The Hall–Kier alpha value is -0.880. The summed E-state index contributed by atoms with van der Waals surface area (Å²) in [7, 11) is -3.46. The molecule has 0 radical (unpaired) electrons. The van der Waals surface area contributed by atoms with Gasteiger partial charge in [-0.2, -0.15) is 0 Å². The number of sulfone groups is 1. The van der Waals surface area contributed by atoms with Gasteiger partial charge in [-0.25, -0.2) is 8.42 Å². The number of hydrogen-bond acceptors (Lipinski definition) is 3. The van der Waals surface area contributed by atoms with Gasteiger partial charge < -0.3 is 5.32 Å². The van der Waals surface area contributed by atoms with E-state index in [2.05, 4.69) is 21.2 Å². The van der Waals surface area contributed by atoms with E-state index in [4.69, 9.17) is 0 Å². The van der Waals surface area contributed by atoms with E-state index in [9.17, 15) is 13.2 Å². The average molecular weight is 348 g/mol. The van der Waals surface area contributed by atoms with Gasteiger partial charge in [0.2, 0.25) is 5.91 Å². The van der Waals surface area contributed by atoms with Gasteiger partial charge in [-0.3, -0.25) is 4.79 Å². The number of carbonyl (C=O) groups is 1. The number of rotatable bonds is 5. The van der Waals surface area contributed by atoms with Crippen molar-refractivity contribution in [1.82, 2.24) is 5.32 Å². The predicted octanol–water partition coefficient (Wildman–Crippen LogP) is 2.06. The van der Waals surface area contributed by atoms with Gasteiger partial charge in [-0.1, -0.05) is 46.3 Å². The molecule has 1 amide bonds. The fraction of sp³-hybridized carbons (Fsp3) is 0.462. The van der Waals surface area contributed by atoms with Crippen LogP contribution in [0.4, 0.5) is 0 Å². The Balaban J connectivity index is 2.92. The minimum atomic E-state index is -3.46. The van der Waals surface area contributed by atoms with Crippen molar-refractivity contribution in [3.63, 3.8) is 0 Å². The third kappa shape index (κ3) is 3.79. The molecule has 1 aromatic rings. The molecule has 0 aromatic heterocycles. The molecule has 0 aliphatic heterocycles. The van der Waals surface area contributed by atoms with E-state index in [1.807, 2.05) is 30.3 Å². The van der Waals surface area contributed by atoms with Crippen molar-refractivity contribution in [2.45, 2.75) is 24.6 Å². The van der Waals surface area contributed by atoms with Crippen LogP contribution in [0.1, 0.15) is 25.5 Å². The highest BCUT2D eigenvalue weighted by Crippen LogP contribution is 2.20. The zero-order valence-electron chi connectivity index (χ0n) is 11.2. The highest BCUT2D eigenvalue weighted by molar-refractivity contribution is 9.09. The molecule has 0 aliphatic carbocycles. The highest BCUT2D eigenvalue weighted by atomic mass is 79.9. The van der Waals surface area contributed by atoms with E-state index in [0.29, 0.717) is 5.33 Å². The zero-order chi connectivity index (χ0) is 14.7. The van der Waals surface area contributed by atoms with Crippen molar-refractivity contribution in [2.75, 3.05) is 11.6 Å². The first-order chi connectivity index (χ1) is 8.70. The van der Waals surface area contributed by atoms with Gasteiger partial charge in [0.25, 0.3) is 0 Å². The number of amides is 1. The fourth-order valence-electron chi connectivity index (χ4n) is 1.40. The SMILES string of the molecule is CC(C)(C(=O)NC(CBr)c1ccccc1)S(C)(=O)=O. The van der Waals surface area contributed by atoms with Crippen LogP contribution in [0.2, 0.25) is 0 Å². The molecular formula is C13H18BrNO3S. The summed E-state index contributed by atoms with van der Waals surface area (Å²) in [6.45, 7) is 2.82. The topological polar surface area (TPSA) is 63.2 Å². The first-order valence-corrected chi connectivity index (χ1v) is 8.83. The lowest BCUT2D eigenvalue weighted by Gasteiger charge is -2.25. The molecule has 0 saturated carbocycles. The maximum Gasteiger partial charge on any atom is 0.241 e. The molecule has 0 heterocycles. The van der Waals surface area contributed by atoms with Crippen LogP contribution in [0.15, 0.2) is 30.3 Å². The van der Waals surface area contributed by atoms with Crippen molar-refractivity contribution in [3.05, 3.63) is 35.9 Å². The molecule has 6 heteroatoms. The summed E-state index contributed by atoms with van der Waals surface area (Å²) in [5, 5.41) is 3.28. The second-order valence-electron chi connectivity index (χ2n) is 4.87. The fourth-order valence-corrected chi connectivity index (χ4v) is 2.33. The van der Waals surface area contributed by atoms with E-state index in [1.165, 1.54) is 13.8 Å². The molecule has 1 N–H and O–H groups in total. The quantitative estimate of drug-likeness (QED) is 0.829. The van der Waals surface area contributed by atoms with Crippen LogP contribution < -0.4 is 5.32 Å². The molecule has 106 valence electrons. The van der Waals surface area contributed by atoms with Gasteiger partial charge in [-0.05, 0) is 19.4 Å². The van der Waals surface area contributed by atoms with Crippen LogP contribution in [0, 0.1) is 0 Å². The second kappa shape index (κ2) is 6.05. The van der Waals surface area contributed by atoms with Gasteiger partial charge in [0.05, 0.1) is 6.04 Å². The normalized spacial score (nSPS) is 13.9. The number of halogens is 1. The second-order valence-corrected chi connectivity index (χ2v) is 8.09. The van der Waals surface area contributed by atoms with E-state index in [1.54, 1.807) is 0 Å². The summed E-state index contributed by atoms with van der Waals surface area (Å²) in [6, 6.07) is 9.16. The van der Waals surface area contributed by atoms with Gasteiger partial charge >= 0.3 is 0 Å². The Bertz CT molecular complexity index is 540. The number of nitrogens with one attached hydrogen (secondary N) is 1. The minimum Gasteiger partial charge on any atom is -0.347 e. The maximum atomic E-state index is 12.1. The van der Waals surface area contributed by atoms with Crippen molar-refractivity contribution < 1.29 is 13.2 Å². The van der Waals surface area contributed by atoms with Gasteiger partial charge in [-0.15, -0.1) is 0 Å². The molecule has 1 unspecified atom stereocenters. The molecule has 0 aliphatic rings. The number of hydrogen-bond donors (Lipinski definition) is 1. The standard InChI is InChI=1S/C13H18BrNO3S/c1-13(2,19(3,17)18)12(16)15-11(9-14)10-7-5-4-6-8-10/h4-8,11H,9H2,1-3H3,(H,15,16). The molecular weight excluding hydrogens is 330 g/mol. The molecule has 19 heavy (non-hydrogen) atoms. The Morgan fingerprint density at radius 2 is 1.84 bits per heavy atom. The predicted molar refractivity (Wildman–Crippen MR) is 80.0 cm³/mol. The van der Waals surface area contributed by atoms with Crippen molar-refractivity contribution in [3.8, 4) is 0 Å². The lowest BCUT2D eigenvalue weighted by molar-refractivity contribution is -0.123. The molecule has 0 spiro atoms. The van der Waals surface area contributed by atoms with Crippen LogP contribution in [0.25, 0.3) is 0 Å². The molecule has 1 atom stereocenters. The van der Waals surface area contributed by atoms with E-state index in [-0.39, 0.29) is 6.04 Å². The molecule has 1 aromatic carbocycles. The van der Waals surface area contributed by atoms with Gasteiger partial charge in [0, 0.05) is 11.6 Å². The highest BCUT2D eigenvalue weighted by Gasteiger charge is 2.39. The van der Waals surface area contributed by atoms with Gasteiger partial charge in [0.15, 0.2) is 9.84 Å². The summed E-state index contributed by atoms with van der Waals surface area (Å²) in [6.07, 6.45) is 1.07. The largest absolute Gasteiger partial charge is 0.347 e. The first-order valence-electron chi connectivity index (χ1n) is 5.81. The molecule has 0 bridgehead atoms. The van der Waals surface area contributed by atoms with Gasteiger partial charge in [0.1, 0.15) is 4.75 Å². The third-order valence-electron chi connectivity index (χ3n) is 3.14. The third-order valence-corrected chi connectivity index (χ3v) is 5.82. The van der Waals surface area contributed by atoms with Crippen LogP contribution >= 0.6 is 15.9 Å². The zero-order valence-corrected chi connectivity index (χ0v) is 13.6. The van der Waals surface area contributed by atoms with E-state index < -0.39 is 20.5 Å². The summed E-state index contributed by atoms with van der Waals surface area (Å²) in [5.74, 6) is -0.497. The maximum absolute atomic E-state index is 12.1. The van der Waals surface area contributed by atoms with Crippen molar-refractivity contribution in [2.24, 2.45) is 0 Å². The minimum absolute atomic E-state index is 0.255. The summed E-state index contributed by atoms with van der Waals surface area (Å²) in [5.41, 5.74) is 0.928.